The van der Waals surface area contributed by atoms with Gasteiger partial charge in [-0.1, -0.05) is 0 Å². The molecular formula is C14H19ClIN3. The highest BCUT2D eigenvalue weighted by atomic mass is 127. The number of rotatable bonds is 5. The molecule has 0 N–H and O–H groups in total. The topological polar surface area (TPSA) is 21.1 Å². The van der Waals surface area contributed by atoms with Gasteiger partial charge in [0.1, 0.15) is 5.82 Å². The average Bonchev–Trinajstić information content (AvgIpc) is 2.72. The molecule has 1 heterocycles. The fourth-order valence-corrected chi connectivity index (χ4v) is 2.70. The minimum absolute atomic E-state index is 0.455. The van der Waals surface area contributed by atoms with Gasteiger partial charge in [0.25, 0.3) is 0 Å². The Morgan fingerprint density at radius 2 is 2.16 bits per heavy atom. The van der Waals surface area contributed by atoms with Crippen molar-refractivity contribution in [1.29, 1.82) is 0 Å². The van der Waals surface area contributed by atoms with Gasteiger partial charge in [-0.25, -0.2) is 4.98 Å². The summed E-state index contributed by atoms with van der Waals surface area (Å²) >= 11 is 8.33. The van der Waals surface area contributed by atoms with Crippen LogP contribution in [0.2, 0.25) is 0 Å². The first-order valence-corrected chi connectivity index (χ1v) is 8.05. The maximum atomic E-state index is 6.02. The first-order valence-electron chi connectivity index (χ1n) is 6.43. The summed E-state index contributed by atoms with van der Waals surface area (Å²) in [6, 6.07) is 6.91. The van der Waals surface area contributed by atoms with Crippen LogP contribution in [0, 0.1) is 3.57 Å². The first-order chi connectivity index (χ1) is 9.02. The van der Waals surface area contributed by atoms with Crippen LogP contribution < -0.4 is 0 Å². The van der Waals surface area contributed by atoms with Gasteiger partial charge >= 0.3 is 0 Å². The normalized spacial score (nSPS) is 11.9. The Bertz CT molecular complexity index is 565. The molecule has 0 aliphatic carbocycles. The lowest BCUT2D eigenvalue weighted by Crippen LogP contribution is -2.30. The van der Waals surface area contributed by atoms with E-state index in [1.165, 1.54) is 9.09 Å². The number of nitrogens with zero attached hydrogens (tertiary/aromatic N) is 3. The highest BCUT2D eigenvalue weighted by molar-refractivity contribution is 14.1. The first kappa shape index (κ1) is 15.1. The standard InChI is InChI=1S/C14H19ClIN3/c1-10(2)18(3)6-7-19-13-5-4-11(16)8-12(13)17-14(19)9-15/h4-5,8,10H,6-7,9H2,1-3H3. The van der Waals surface area contributed by atoms with Crippen LogP contribution in [0.1, 0.15) is 19.7 Å². The summed E-state index contributed by atoms with van der Waals surface area (Å²) in [5.41, 5.74) is 2.21. The number of hydrogen-bond donors (Lipinski definition) is 0. The lowest BCUT2D eigenvalue weighted by molar-refractivity contribution is 0.263. The van der Waals surface area contributed by atoms with Crippen LogP contribution in [-0.4, -0.2) is 34.1 Å². The molecule has 5 heteroatoms. The van der Waals surface area contributed by atoms with Crippen molar-refractivity contribution in [2.75, 3.05) is 13.6 Å². The molecule has 0 unspecified atom stereocenters. The summed E-state index contributed by atoms with van der Waals surface area (Å²) in [7, 11) is 2.15. The number of fused-ring (bicyclic) bond motifs is 1. The van der Waals surface area contributed by atoms with E-state index in [0.717, 1.165) is 24.4 Å². The van der Waals surface area contributed by atoms with Crippen molar-refractivity contribution in [2.24, 2.45) is 0 Å². The lowest BCUT2D eigenvalue weighted by Gasteiger charge is -2.21. The van der Waals surface area contributed by atoms with E-state index >= 15 is 0 Å². The molecular weight excluding hydrogens is 373 g/mol. The van der Waals surface area contributed by atoms with Gasteiger partial charge < -0.3 is 9.47 Å². The zero-order chi connectivity index (χ0) is 14.0. The van der Waals surface area contributed by atoms with Crippen LogP contribution in [-0.2, 0) is 12.4 Å². The van der Waals surface area contributed by atoms with E-state index < -0.39 is 0 Å². The minimum Gasteiger partial charge on any atom is -0.326 e. The van der Waals surface area contributed by atoms with Crippen molar-refractivity contribution in [3.8, 4) is 0 Å². The van der Waals surface area contributed by atoms with Gasteiger partial charge in [0.05, 0.1) is 16.9 Å². The highest BCUT2D eigenvalue weighted by Crippen LogP contribution is 2.20. The van der Waals surface area contributed by atoms with Crippen molar-refractivity contribution in [3.63, 3.8) is 0 Å². The average molecular weight is 392 g/mol. The zero-order valence-electron chi connectivity index (χ0n) is 11.5. The third kappa shape index (κ3) is 3.41. The molecule has 0 aliphatic rings. The second-order valence-corrected chi connectivity index (χ2v) is 6.53. The minimum atomic E-state index is 0.455. The predicted molar refractivity (Wildman–Crippen MR) is 89.8 cm³/mol. The third-order valence-electron chi connectivity index (χ3n) is 3.47. The molecule has 0 aliphatic heterocycles. The van der Waals surface area contributed by atoms with Crippen LogP contribution in [0.3, 0.4) is 0 Å². The van der Waals surface area contributed by atoms with Gasteiger partial charge in [0, 0.05) is 22.7 Å². The lowest BCUT2D eigenvalue weighted by atomic mass is 10.3. The number of benzene rings is 1. The van der Waals surface area contributed by atoms with E-state index in [4.69, 9.17) is 11.6 Å². The quantitative estimate of drug-likeness (QED) is 0.572. The Balaban J connectivity index is 2.30. The van der Waals surface area contributed by atoms with E-state index in [2.05, 4.69) is 76.1 Å². The SMILES string of the molecule is CC(C)N(C)CCn1c(CCl)nc2cc(I)ccc21. The molecule has 0 radical (unpaired) electrons. The molecule has 0 bridgehead atoms. The van der Waals surface area contributed by atoms with Crippen molar-refractivity contribution >= 4 is 45.2 Å². The van der Waals surface area contributed by atoms with Crippen molar-refractivity contribution < 1.29 is 0 Å². The van der Waals surface area contributed by atoms with Crippen LogP contribution in [0.4, 0.5) is 0 Å². The van der Waals surface area contributed by atoms with Crippen LogP contribution in [0.25, 0.3) is 11.0 Å². The van der Waals surface area contributed by atoms with E-state index in [1.54, 1.807) is 0 Å². The van der Waals surface area contributed by atoms with Crippen LogP contribution >= 0.6 is 34.2 Å². The maximum Gasteiger partial charge on any atom is 0.124 e. The van der Waals surface area contributed by atoms with E-state index in [1.807, 2.05) is 0 Å². The molecule has 1 aromatic heterocycles. The molecule has 0 saturated heterocycles. The molecule has 0 spiro atoms. The maximum absolute atomic E-state index is 6.02. The molecule has 3 nitrogen and oxygen atoms in total. The number of likely N-dealkylation sites (N-methyl/N-ethyl adjacent to an activating group) is 1. The Morgan fingerprint density at radius 1 is 1.42 bits per heavy atom. The number of imidazole rings is 1. The van der Waals surface area contributed by atoms with Crippen LogP contribution in [0.5, 0.6) is 0 Å². The Hall–Kier alpha value is -0.330. The molecule has 2 rings (SSSR count). The molecule has 104 valence electrons. The number of hydrogen-bond acceptors (Lipinski definition) is 2. The number of alkyl halides is 1. The number of halogens is 2. The molecule has 1 aromatic carbocycles. The Labute approximate surface area is 133 Å². The fourth-order valence-electron chi connectivity index (χ4n) is 2.02. The van der Waals surface area contributed by atoms with Gasteiger partial charge in [-0.05, 0) is 61.7 Å². The van der Waals surface area contributed by atoms with E-state index in [0.29, 0.717) is 11.9 Å². The summed E-state index contributed by atoms with van der Waals surface area (Å²) in [6.07, 6.45) is 0. The third-order valence-corrected chi connectivity index (χ3v) is 4.38. The summed E-state index contributed by atoms with van der Waals surface area (Å²) in [6.45, 7) is 6.33. The van der Waals surface area contributed by atoms with Crippen molar-refractivity contribution in [1.82, 2.24) is 14.5 Å². The van der Waals surface area contributed by atoms with E-state index in [9.17, 15) is 0 Å². The molecule has 0 saturated carbocycles. The molecule has 0 atom stereocenters. The van der Waals surface area contributed by atoms with Gasteiger partial charge in [-0.3, -0.25) is 0 Å². The summed E-state index contributed by atoms with van der Waals surface area (Å²) < 4.78 is 3.44. The van der Waals surface area contributed by atoms with Gasteiger partial charge in [0.2, 0.25) is 0 Å². The van der Waals surface area contributed by atoms with Crippen molar-refractivity contribution in [2.45, 2.75) is 32.3 Å². The van der Waals surface area contributed by atoms with Gasteiger partial charge in [-0.2, -0.15) is 0 Å². The second-order valence-electron chi connectivity index (χ2n) is 5.02. The van der Waals surface area contributed by atoms with Crippen LogP contribution in [0.15, 0.2) is 18.2 Å². The van der Waals surface area contributed by atoms with Gasteiger partial charge in [-0.15, -0.1) is 11.6 Å². The van der Waals surface area contributed by atoms with Gasteiger partial charge in [0.15, 0.2) is 0 Å². The smallest absolute Gasteiger partial charge is 0.124 e. The van der Waals surface area contributed by atoms with E-state index in [-0.39, 0.29) is 0 Å². The van der Waals surface area contributed by atoms with Crippen molar-refractivity contribution in [3.05, 3.63) is 27.6 Å². The fraction of sp³-hybridized carbons (Fsp3) is 0.500. The summed E-state index contributed by atoms with van der Waals surface area (Å²) in [4.78, 5) is 6.95. The predicted octanol–water partition coefficient (Wildman–Crippen LogP) is 3.72. The zero-order valence-corrected chi connectivity index (χ0v) is 14.4. The number of aromatic nitrogens is 2. The summed E-state index contributed by atoms with van der Waals surface area (Å²) in [5.74, 6) is 1.41. The Morgan fingerprint density at radius 3 is 2.79 bits per heavy atom. The second kappa shape index (κ2) is 6.41. The monoisotopic (exact) mass is 391 g/mol. The molecule has 0 amide bonds. The molecule has 0 fully saturated rings. The largest absolute Gasteiger partial charge is 0.326 e. The highest BCUT2D eigenvalue weighted by Gasteiger charge is 2.11. The molecule has 19 heavy (non-hydrogen) atoms. The Kier molecular flexibility index (Phi) is 5.09. The molecule has 2 aromatic rings. The summed E-state index contributed by atoms with van der Waals surface area (Å²) in [5, 5.41) is 0.